The standard InChI is InChI=1S/C22H19N3O4S2/c1-15-12-16(29-25-15)14-31-19-8-4-2-6-17(19)22(27)28-13-21(26)24-18-7-3-5-9-20(18)30-11-10-23/h2-9,12H,11,13-14H2,1H3,(H,24,26). The summed E-state index contributed by atoms with van der Waals surface area (Å²) in [5.41, 5.74) is 1.74. The number of aromatic nitrogens is 1. The molecular formula is C22H19N3O4S2. The van der Waals surface area contributed by atoms with Gasteiger partial charge in [0.25, 0.3) is 5.91 Å². The third-order valence-corrected chi connectivity index (χ3v) is 5.98. The fourth-order valence-electron chi connectivity index (χ4n) is 2.60. The van der Waals surface area contributed by atoms with Crippen LogP contribution < -0.4 is 5.32 Å². The number of nitriles is 1. The molecule has 0 radical (unpaired) electrons. The van der Waals surface area contributed by atoms with E-state index in [2.05, 4.69) is 16.5 Å². The van der Waals surface area contributed by atoms with Crippen molar-refractivity contribution in [2.45, 2.75) is 22.5 Å². The highest BCUT2D eigenvalue weighted by molar-refractivity contribution is 7.99. The minimum absolute atomic E-state index is 0.268. The van der Waals surface area contributed by atoms with Gasteiger partial charge in [-0.2, -0.15) is 5.26 Å². The Morgan fingerprint density at radius 3 is 2.61 bits per heavy atom. The van der Waals surface area contributed by atoms with Crippen LogP contribution in [0, 0.1) is 18.3 Å². The average Bonchev–Trinajstić information content (AvgIpc) is 3.20. The normalized spacial score (nSPS) is 10.3. The Hall–Kier alpha value is -3.22. The first kappa shape index (κ1) is 22.5. The van der Waals surface area contributed by atoms with Crippen molar-refractivity contribution in [1.82, 2.24) is 5.16 Å². The average molecular weight is 454 g/mol. The van der Waals surface area contributed by atoms with Gasteiger partial charge in [0.15, 0.2) is 6.61 Å². The molecule has 2 aromatic carbocycles. The van der Waals surface area contributed by atoms with Crippen molar-refractivity contribution in [3.05, 3.63) is 71.6 Å². The highest BCUT2D eigenvalue weighted by Crippen LogP contribution is 2.28. The van der Waals surface area contributed by atoms with Crippen molar-refractivity contribution in [3.8, 4) is 6.07 Å². The number of carbonyl (C=O) groups excluding carboxylic acids is 2. The van der Waals surface area contributed by atoms with E-state index in [0.717, 1.165) is 15.5 Å². The van der Waals surface area contributed by atoms with E-state index >= 15 is 0 Å². The summed E-state index contributed by atoms with van der Waals surface area (Å²) < 4.78 is 10.4. The second-order valence-corrected chi connectivity index (χ2v) is 8.32. The second-order valence-electron chi connectivity index (χ2n) is 6.29. The van der Waals surface area contributed by atoms with Gasteiger partial charge in [0.2, 0.25) is 0 Å². The van der Waals surface area contributed by atoms with E-state index in [1.807, 2.05) is 37.3 Å². The molecule has 1 heterocycles. The molecule has 9 heteroatoms. The maximum atomic E-state index is 12.6. The van der Waals surface area contributed by atoms with Gasteiger partial charge in [-0.05, 0) is 31.2 Å². The van der Waals surface area contributed by atoms with E-state index < -0.39 is 18.5 Å². The van der Waals surface area contributed by atoms with E-state index in [1.165, 1.54) is 23.5 Å². The predicted octanol–water partition coefficient (Wildman–Crippen LogP) is 4.69. The Bertz CT molecular complexity index is 1110. The maximum absolute atomic E-state index is 12.6. The van der Waals surface area contributed by atoms with Gasteiger partial charge < -0.3 is 14.6 Å². The number of anilines is 1. The first-order chi connectivity index (χ1) is 15.1. The molecule has 1 N–H and O–H groups in total. The van der Waals surface area contributed by atoms with Crippen molar-refractivity contribution in [1.29, 1.82) is 5.26 Å². The lowest BCUT2D eigenvalue weighted by Gasteiger charge is -2.11. The second kappa shape index (κ2) is 11.2. The number of thioether (sulfide) groups is 2. The van der Waals surface area contributed by atoms with Crippen LogP contribution in [0.2, 0.25) is 0 Å². The zero-order valence-electron chi connectivity index (χ0n) is 16.7. The van der Waals surface area contributed by atoms with Crippen LogP contribution in [0.3, 0.4) is 0 Å². The molecule has 1 aromatic heterocycles. The molecular weight excluding hydrogens is 434 g/mol. The van der Waals surface area contributed by atoms with Crippen molar-refractivity contribution in [2.75, 3.05) is 17.7 Å². The molecule has 1 amide bonds. The number of carbonyl (C=O) groups is 2. The summed E-state index contributed by atoms with van der Waals surface area (Å²) in [6, 6.07) is 18.1. The number of esters is 1. The number of rotatable bonds is 9. The molecule has 0 spiro atoms. The lowest BCUT2D eigenvalue weighted by atomic mass is 10.2. The summed E-state index contributed by atoms with van der Waals surface area (Å²) >= 11 is 2.74. The summed E-state index contributed by atoms with van der Waals surface area (Å²) in [4.78, 5) is 26.3. The number of para-hydroxylation sites is 1. The number of nitrogens with zero attached hydrogens (tertiary/aromatic N) is 2. The monoisotopic (exact) mass is 453 g/mol. The van der Waals surface area contributed by atoms with Gasteiger partial charge in [-0.15, -0.1) is 23.5 Å². The summed E-state index contributed by atoms with van der Waals surface area (Å²) in [6.07, 6.45) is 0. The fourth-order valence-corrected chi connectivity index (χ4v) is 4.18. The highest BCUT2D eigenvalue weighted by atomic mass is 32.2. The minimum atomic E-state index is -0.584. The highest BCUT2D eigenvalue weighted by Gasteiger charge is 2.16. The summed E-state index contributed by atoms with van der Waals surface area (Å²) in [5, 5.41) is 15.3. The molecule has 0 saturated heterocycles. The summed E-state index contributed by atoms with van der Waals surface area (Å²) in [7, 11) is 0. The molecule has 3 rings (SSSR count). The van der Waals surface area contributed by atoms with Crippen LogP contribution in [0.5, 0.6) is 0 Å². The van der Waals surface area contributed by atoms with Crippen LogP contribution in [0.15, 0.2) is 68.9 Å². The van der Waals surface area contributed by atoms with Gasteiger partial charge in [-0.25, -0.2) is 4.79 Å². The van der Waals surface area contributed by atoms with Crippen LogP contribution in [0.4, 0.5) is 5.69 Å². The Morgan fingerprint density at radius 2 is 1.87 bits per heavy atom. The predicted molar refractivity (Wildman–Crippen MR) is 119 cm³/mol. The van der Waals surface area contributed by atoms with Crippen LogP contribution in [-0.2, 0) is 15.3 Å². The number of hydrogen-bond donors (Lipinski definition) is 1. The summed E-state index contributed by atoms with van der Waals surface area (Å²) in [6.45, 7) is 1.42. The van der Waals surface area contributed by atoms with Gasteiger partial charge in [0.1, 0.15) is 5.76 Å². The zero-order valence-corrected chi connectivity index (χ0v) is 18.3. The van der Waals surface area contributed by atoms with Gasteiger partial charge in [0.05, 0.1) is 34.5 Å². The van der Waals surface area contributed by atoms with E-state index in [4.69, 9.17) is 14.5 Å². The van der Waals surface area contributed by atoms with Gasteiger partial charge in [-0.1, -0.05) is 29.4 Å². The zero-order chi connectivity index (χ0) is 22.1. The molecule has 0 fully saturated rings. The molecule has 0 atom stereocenters. The molecule has 0 bridgehead atoms. The van der Waals surface area contributed by atoms with Crippen molar-refractivity contribution >= 4 is 41.1 Å². The molecule has 0 saturated carbocycles. The lowest BCUT2D eigenvalue weighted by molar-refractivity contribution is -0.119. The van der Waals surface area contributed by atoms with Crippen LogP contribution in [0.25, 0.3) is 0 Å². The molecule has 0 aliphatic rings. The number of amides is 1. The van der Waals surface area contributed by atoms with Gasteiger partial charge >= 0.3 is 5.97 Å². The lowest BCUT2D eigenvalue weighted by Crippen LogP contribution is -2.21. The first-order valence-electron chi connectivity index (χ1n) is 9.26. The van der Waals surface area contributed by atoms with E-state index in [0.29, 0.717) is 22.8 Å². The van der Waals surface area contributed by atoms with Crippen molar-refractivity contribution < 1.29 is 18.8 Å². The third kappa shape index (κ3) is 6.64. The Kier molecular flexibility index (Phi) is 8.15. The van der Waals surface area contributed by atoms with Crippen molar-refractivity contribution in [3.63, 3.8) is 0 Å². The largest absolute Gasteiger partial charge is 0.452 e. The Balaban J connectivity index is 1.57. The number of nitrogens with one attached hydrogen (secondary N) is 1. The van der Waals surface area contributed by atoms with Crippen LogP contribution >= 0.6 is 23.5 Å². The van der Waals surface area contributed by atoms with Crippen LogP contribution in [0.1, 0.15) is 21.8 Å². The number of aryl methyl sites for hydroxylation is 1. The smallest absolute Gasteiger partial charge is 0.339 e. The Labute approximate surface area is 188 Å². The maximum Gasteiger partial charge on any atom is 0.339 e. The molecule has 0 aliphatic heterocycles. The molecule has 31 heavy (non-hydrogen) atoms. The molecule has 0 unspecified atom stereocenters. The van der Waals surface area contributed by atoms with Crippen LogP contribution in [-0.4, -0.2) is 29.4 Å². The van der Waals surface area contributed by atoms with Crippen molar-refractivity contribution in [2.24, 2.45) is 0 Å². The molecule has 158 valence electrons. The topological polar surface area (TPSA) is 105 Å². The van der Waals surface area contributed by atoms with Gasteiger partial charge in [0, 0.05) is 15.9 Å². The number of hydrogen-bond acceptors (Lipinski definition) is 8. The molecule has 0 aliphatic carbocycles. The van der Waals surface area contributed by atoms with E-state index in [-0.39, 0.29) is 5.75 Å². The first-order valence-corrected chi connectivity index (χ1v) is 11.2. The quantitative estimate of drug-likeness (QED) is 0.368. The minimum Gasteiger partial charge on any atom is -0.452 e. The van der Waals surface area contributed by atoms with E-state index in [1.54, 1.807) is 24.3 Å². The molecule has 7 nitrogen and oxygen atoms in total. The van der Waals surface area contributed by atoms with Gasteiger partial charge in [-0.3, -0.25) is 4.79 Å². The fraction of sp³-hybridized carbons (Fsp3) is 0.182. The summed E-state index contributed by atoms with van der Waals surface area (Å²) in [5.74, 6) is 0.449. The number of ether oxygens (including phenoxy) is 1. The molecule has 3 aromatic rings. The number of benzene rings is 2. The SMILES string of the molecule is Cc1cc(CSc2ccccc2C(=O)OCC(=O)Nc2ccccc2SCC#N)on1. The Morgan fingerprint density at radius 1 is 1.13 bits per heavy atom. The third-order valence-electron chi connectivity index (χ3n) is 3.94. The van der Waals surface area contributed by atoms with E-state index in [9.17, 15) is 9.59 Å².